The van der Waals surface area contributed by atoms with Crippen LogP contribution in [0.15, 0.2) is 6.20 Å². The van der Waals surface area contributed by atoms with E-state index in [1.54, 1.807) is 4.68 Å². The lowest BCUT2D eigenvalue weighted by molar-refractivity contribution is -0.138. The number of aryl methyl sites for hydroxylation is 2. The van der Waals surface area contributed by atoms with Gasteiger partial charge in [0.25, 0.3) is 0 Å². The van der Waals surface area contributed by atoms with Crippen LogP contribution in [0, 0.1) is 0 Å². The normalized spacial score (nSPS) is 13.1. The quantitative estimate of drug-likeness (QED) is 0.814. The molecule has 1 atom stereocenters. The molecule has 90 valence electrons. The second-order valence-electron chi connectivity index (χ2n) is 4.14. The fourth-order valence-electron chi connectivity index (χ4n) is 1.84. The number of carbonyl (C=O) groups is 1. The van der Waals surface area contributed by atoms with Crippen LogP contribution in [0.3, 0.4) is 0 Å². The zero-order valence-corrected chi connectivity index (χ0v) is 10.3. The van der Waals surface area contributed by atoms with Crippen LogP contribution >= 0.6 is 0 Å². The Morgan fingerprint density at radius 1 is 1.62 bits per heavy atom. The second-order valence-corrected chi connectivity index (χ2v) is 4.14. The van der Waals surface area contributed by atoms with Gasteiger partial charge in [-0.1, -0.05) is 6.92 Å². The van der Waals surface area contributed by atoms with Crippen LogP contribution in [-0.4, -0.2) is 39.9 Å². The maximum Gasteiger partial charge on any atom is 0.305 e. The van der Waals surface area contributed by atoms with Crippen molar-refractivity contribution in [2.75, 3.05) is 14.1 Å². The van der Waals surface area contributed by atoms with Crippen LogP contribution in [0.2, 0.25) is 0 Å². The maximum absolute atomic E-state index is 10.8. The van der Waals surface area contributed by atoms with Crippen LogP contribution in [0.5, 0.6) is 0 Å². The molecule has 0 saturated carbocycles. The average Bonchev–Trinajstić information content (AvgIpc) is 2.55. The molecule has 0 aliphatic heterocycles. The van der Waals surface area contributed by atoms with Crippen LogP contribution in [0.25, 0.3) is 0 Å². The lowest BCUT2D eigenvalue weighted by Crippen LogP contribution is -2.23. The van der Waals surface area contributed by atoms with Crippen molar-refractivity contribution in [2.24, 2.45) is 7.05 Å². The number of nitrogens with zero attached hydrogens (tertiary/aromatic N) is 3. The molecular weight excluding hydrogens is 206 g/mol. The lowest BCUT2D eigenvalue weighted by Gasteiger charge is -2.22. The van der Waals surface area contributed by atoms with E-state index in [9.17, 15) is 4.79 Å². The molecule has 16 heavy (non-hydrogen) atoms. The van der Waals surface area contributed by atoms with Gasteiger partial charge in [-0.05, 0) is 20.5 Å². The van der Waals surface area contributed by atoms with Gasteiger partial charge in [0.1, 0.15) is 0 Å². The zero-order chi connectivity index (χ0) is 12.3. The topological polar surface area (TPSA) is 58.4 Å². The first kappa shape index (κ1) is 12.7. The van der Waals surface area contributed by atoms with Gasteiger partial charge in [0, 0.05) is 24.8 Å². The van der Waals surface area contributed by atoms with E-state index in [0.717, 1.165) is 17.7 Å². The Morgan fingerprint density at radius 3 is 2.69 bits per heavy atom. The van der Waals surface area contributed by atoms with Crippen molar-refractivity contribution in [1.29, 1.82) is 0 Å². The molecule has 5 nitrogen and oxygen atoms in total. The van der Waals surface area contributed by atoms with Crippen LogP contribution in [0.1, 0.15) is 30.6 Å². The van der Waals surface area contributed by atoms with E-state index in [4.69, 9.17) is 5.11 Å². The van der Waals surface area contributed by atoms with Crippen molar-refractivity contribution < 1.29 is 9.90 Å². The highest BCUT2D eigenvalue weighted by Crippen LogP contribution is 2.24. The average molecular weight is 225 g/mol. The van der Waals surface area contributed by atoms with Crippen molar-refractivity contribution in [1.82, 2.24) is 14.7 Å². The minimum atomic E-state index is -0.787. The van der Waals surface area contributed by atoms with Gasteiger partial charge in [-0.25, -0.2) is 0 Å². The SMILES string of the molecule is CCc1nn(C)cc1C(CC(=O)O)N(C)C. The summed E-state index contributed by atoms with van der Waals surface area (Å²) in [5.74, 6) is -0.787. The highest BCUT2D eigenvalue weighted by molar-refractivity contribution is 5.68. The fourth-order valence-corrected chi connectivity index (χ4v) is 1.84. The molecule has 0 saturated heterocycles. The van der Waals surface area contributed by atoms with E-state index in [2.05, 4.69) is 5.10 Å². The zero-order valence-electron chi connectivity index (χ0n) is 10.3. The smallest absolute Gasteiger partial charge is 0.305 e. The van der Waals surface area contributed by atoms with Crippen LogP contribution < -0.4 is 0 Å². The summed E-state index contributed by atoms with van der Waals surface area (Å²) in [5.41, 5.74) is 1.99. The molecule has 5 heteroatoms. The summed E-state index contributed by atoms with van der Waals surface area (Å²) in [5, 5.41) is 13.2. The third-order valence-corrected chi connectivity index (χ3v) is 2.62. The molecular formula is C11H19N3O2. The van der Waals surface area contributed by atoms with Crippen LogP contribution in [0.4, 0.5) is 0 Å². The Kier molecular flexibility index (Phi) is 4.06. The van der Waals surface area contributed by atoms with E-state index in [1.807, 2.05) is 39.2 Å². The largest absolute Gasteiger partial charge is 0.481 e. The van der Waals surface area contributed by atoms with E-state index in [0.29, 0.717) is 0 Å². The molecule has 1 aromatic heterocycles. The van der Waals surface area contributed by atoms with Gasteiger partial charge in [0.2, 0.25) is 0 Å². The number of aromatic nitrogens is 2. The summed E-state index contributed by atoms with van der Waals surface area (Å²) in [4.78, 5) is 12.8. The van der Waals surface area contributed by atoms with Crippen molar-refractivity contribution >= 4 is 5.97 Å². The third kappa shape index (κ3) is 2.82. The van der Waals surface area contributed by atoms with Gasteiger partial charge >= 0.3 is 5.97 Å². The lowest BCUT2D eigenvalue weighted by atomic mass is 10.0. The number of carboxylic acid groups (broad SMARTS) is 1. The Bertz CT molecular complexity index is 371. The number of rotatable bonds is 5. The molecule has 0 radical (unpaired) electrons. The standard InChI is InChI=1S/C11H19N3O2/c1-5-9-8(7-14(4)12-9)10(13(2)3)6-11(15)16/h7,10H,5-6H2,1-4H3,(H,15,16). The number of hydrogen-bond acceptors (Lipinski definition) is 3. The molecule has 1 unspecified atom stereocenters. The Labute approximate surface area is 95.7 Å². The molecule has 1 rings (SSSR count). The molecule has 0 amide bonds. The predicted octanol–water partition coefficient (Wildman–Crippen LogP) is 1.06. The van der Waals surface area contributed by atoms with Gasteiger partial charge in [-0.2, -0.15) is 5.10 Å². The first-order chi connectivity index (χ1) is 7.45. The minimum absolute atomic E-state index is 0.103. The molecule has 0 aliphatic rings. The third-order valence-electron chi connectivity index (χ3n) is 2.62. The Hall–Kier alpha value is -1.36. The fraction of sp³-hybridized carbons (Fsp3) is 0.636. The molecule has 0 aromatic carbocycles. The minimum Gasteiger partial charge on any atom is -0.481 e. The summed E-state index contributed by atoms with van der Waals surface area (Å²) < 4.78 is 1.74. The van der Waals surface area contributed by atoms with Gasteiger partial charge in [0.15, 0.2) is 0 Å². The van der Waals surface area contributed by atoms with Gasteiger partial charge < -0.3 is 10.0 Å². The van der Waals surface area contributed by atoms with Gasteiger partial charge in [-0.15, -0.1) is 0 Å². The van der Waals surface area contributed by atoms with Crippen molar-refractivity contribution in [3.8, 4) is 0 Å². The summed E-state index contributed by atoms with van der Waals surface area (Å²) in [6.45, 7) is 2.03. The molecule has 1 heterocycles. The summed E-state index contributed by atoms with van der Waals surface area (Å²) >= 11 is 0. The number of aliphatic carboxylic acids is 1. The number of hydrogen-bond donors (Lipinski definition) is 1. The number of carboxylic acids is 1. The van der Waals surface area contributed by atoms with Gasteiger partial charge in [-0.3, -0.25) is 9.48 Å². The van der Waals surface area contributed by atoms with E-state index < -0.39 is 5.97 Å². The highest BCUT2D eigenvalue weighted by atomic mass is 16.4. The maximum atomic E-state index is 10.8. The monoisotopic (exact) mass is 225 g/mol. The second kappa shape index (κ2) is 5.12. The first-order valence-corrected chi connectivity index (χ1v) is 5.36. The Morgan fingerprint density at radius 2 is 2.25 bits per heavy atom. The first-order valence-electron chi connectivity index (χ1n) is 5.36. The van der Waals surface area contributed by atoms with Crippen LogP contribution in [-0.2, 0) is 18.3 Å². The van der Waals surface area contributed by atoms with E-state index in [-0.39, 0.29) is 12.5 Å². The van der Waals surface area contributed by atoms with Gasteiger partial charge in [0.05, 0.1) is 12.1 Å². The van der Waals surface area contributed by atoms with E-state index >= 15 is 0 Å². The van der Waals surface area contributed by atoms with Crippen molar-refractivity contribution in [2.45, 2.75) is 25.8 Å². The van der Waals surface area contributed by atoms with E-state index in [1.165, 1.54) is 0 Å². The highest BCUT2D eigenvalue weighted by Gasteiger charge is 2.22. The molecule has 0 spiro atoms. The summed E-state index contributed by atoms with van der Waals surface area (Å²) in [6, 6.07) is -0.110. The Balaban J connectivity index is 3.04. The predicted molar refractivity (Wildman–Crippen MR) is 61.3 cm³/mol. The molecule has 0 aliphatic carbocycles. The van der Waals surface area contributed by atoms with Crippen molar-refractivity contribution in [3.63, 3.8) is 0 Å². The molecule has 1 N–H and O–H groups in total. The van der Waals surface area contributed by atoms with Crippen molar-refractivity contribution in [3.05, 3.63) is 17.5 Å². The molecule has 0 bridgehead atoms. The molecule has 0 fully saturated rings. The molecule has 1 aromatic rings. The summed E-state index contributed by atoms with van der Waals surface area (Å²) in [7, 11) is 5.64. The summed E-state index contributed by atoms with van der Waals surface area (Å²) in [6.07, 6.45) is 2.83.